The van der Waals surface area contributed by atoms with Crippen LogP contribution in [0, 0.1) is 5.82 Å². The largest absolute Gasteiger partial charge is 0.309 e. The summed E-state index contributed by atoms with van der Waals surface area (Å²) in [6.45, 7) is 0. The fourth-order valence-corrected chi connectivity index (χ4v) is 2.85. The first-order valence-corrected chi connectivity index (χ1v) is 7.04. The fourth-order valence-electron chi connectivity index (χ4n) is 2.57. The Hall–Kier alpha value is -1.97. The van der Waals surface area contributed by atoms with Gasteiger partial charge in [0.25, 0.3) is 0 Å². The number of rotatable bonds is 3. The van der Waals surface area contributed by atoms with Gasteiger partial charge in [-0.15, -0.1) is 0 Å². The van der Waals surface area contributed by atoms with E-state index in [0.717, 1.165) is 22.0 Å². The minimum absolute atomic E-state index is 0.142. The Morgan fingerprint density at radius 1 is 1.10 bits per heavy atom. The Balaban J connectivity index is 2.18. The summed E-state index contributed by atoms with van der Waals surface area (Å²) >= 11 is 6.20. The van der Waals surface area contributed by atoms with E-state index in [9.17, 15) is 4.39 Å². The summed E-state index contributed by atoms with van der Waals surface area (Å²) < 4.78 is 13.3. The summed E-state index contributed by atoms with van der Waals surface area (Å²) in [4.78, 5) is 4.47. The van der Waals surface area contributed by atoms with Gasteiger partial charge in [-0.2, -0.15) is 0 Å². The van der Waals surface area contributed by atoms with E-state index in [1.54, 1.807) is 12.3 Å². The number of benzene rings is 2. The van der Waals surface area contributed by atoms with Gasteiger partial charge in [-0.3, -0.25) is 4.98 Å². The normalized spacial score (nSPS) is 12.5. The molecule has 0 spiro atoms. The van der Waals surface area contributed by atoms with Crippen molar-refractivity contribution < 1.29 is 4.39 Å². The van der Waals surface area contributed by atoms with Crippen molar-refractivity contribution in [1.82, 2.24) is 10.3 Å². The van der Waals surface area contributed by atoms with Crippen molar-refractivity contribution in [2.75, 3.05) is 7.05 Å². The molecule has 1 heterocycles. The van der Waals surface area contributed by atoms with E-state index in [-0.39, 0.29) is 11.9 Å². The molecule has 3 rings (SSSR count). The molecular weight excluding hydrogens is 287 g/mol. The number of hydrogen-bond acceptors (Lipinski definition) is 2. The van der Waals surface area contributed by atoms with Crippen LogP contribution in [0.4, 0.5) is 4.39 Å². The molecule has 0 radical (unpaired) electrons. The molecule has 0 bridgehead atoms. The molecule has 0 saturated carbocycles. The quantitative estimate of drug-likeness (QED) is 0.778. The molecule has 3 aromatic rings. The van der Waals surface area contributed by atoms with Gasteiger partial charge in [0, 0.05) is 16.6 Å². The molecule has 1 aromatic heterocycles. The van der Waals surface area contributed by atoms with E-state index in [4.69, 9.17) is 11.6 Å². The number of aromatic nitrogens is 1. The first kappa shape index (κ1) is 14.0. The number of nitrogens with one attached hydrogen (secondary N) is 1. The molecule has 0 aliphatic heterocycles. The molecule has 21 heavy (non-hydrogen) atoms. The van der Waals surface area contributed by atoms with E-state index in [1.165, 1.54) is 12.1 Å². The van der Waals surface area contributed by atoms with Gasteiger partial charge in [0.1, 0.15) is 5.82 Å². The molecule has 4 heteroatoms. The summed E-state index contributed by atoms with van der Waals surface area (Å²) in [6.07, 6.45) is 1.77. The lowest BCUT2D eigenvalue weighted by Gasteiger charge is -2.20. The third kappa shape index (κ3) is 2.62. The minimum Gasteiger partial charge on any atom is -0.309 e. The maximum Gasteiger partial charge on any atom is 0.124 e. The third-order valence-corrected chi connectivity index (χ3v) is 3.86. The van der Waals surface area contributed by atoms with Gasteiger partial charge in [-0.1, -0.05) is 41.9 Å². The second kappa shape index (κ2) is 5.80. The lowest BCUT2D eigenvalue weighted by Crippen LogP contribution is -2.18. The molecule has 0 fully saturated rings. The molecule has 1 unspecified atom stereocenters. The van der Waals surface area contributed by atoms with E-state index < -0.39 is 0 Å². The number of pyridine rings is 1. The SMILES string of the molecule is CNC(c1ccc(F)cc1Cl)c1cccc2cccnc12. The Bertz CT molecular complexity index is 783. The zero-order valence-corrected chi connectivity index (χ0v) is 12.2. The van der Waals surface area contributed by atoms with Crippen molar-refractivity contribution in [1.29, 1.82) is 0 Å². The number of fused-ring (bicyclic) bond motifs is 1. The second-order valence-corrected chi connectivity index (χ2v) is 5.22. The van der Waals surface area contributed by atoms with Gasteiger partial charge in [0.05, 0.1) is 11.6 Å². The van der Waals surface area contributed by atoms with E-state index >= 15 is 0 Å². The van der Waals surface area contributed by atoms with Crippen LogP contribution < -0.4 is 5.32 Å². The van der Waals surface area contributed by atoms with E-state index in [2.05, 4.69) is 10.3 Å². The Morgan fingerprint density at radius 2 is 1.90 bits per heavy atom. The number of hydrogen-bond donors (Lipinski definition) is 1. The van der Waals surface area contributed by atoms with Crippen LogP contribution in [0.2, 0.25) is 5.02 Å². The van der Waals surface area contributed by atoms with Crippen LogP contribution in [0.15, 0.2) is 54.7 Å². The lowest BCUT2D eigenvalue weighted by molar-refractivity contribution is 0.624. The van der Waals surface area contributed by atoms with Gasteiger partial charge in [0.15, 0.2) is 0 Å². The van der Waals surface area contributed by atoms with Gasteiger partial charge in [-0.05, 0) is 36.4 Å². The predicted octanol–water partition coefficient (Wildman–Crippen LogP) is 4.34. The number of halogens is 2. The Morgan fingerprint density at radius 3 is 2.67 bits per heavy atom. The number of para-hydroxylation sites is 1. The van der Waals surface area contributed by atoms with Crippen molar-refractivity contribution in [2.45, 2.75) is 6.04 Å². The minimum atomic E-state index is -0.338. The van der Waals surface area contributed by atoms with Crippen LogP contribution in [0.5, 0.6) is 0 Å². The molecule has 1 atom stereocenters. The predicted molar refractivity (Wildman–Crippen MR) is 84.1 cm³/mol. The maximum absolute atomic E-state index is 13.3. The van der Waals surface area contributed by atoms with Crippen molar-refractivity contribution in [3.63, 3.8) is 0 Å². The topological polar surface area (TPSA) is 24.9 Å². The first-order valence-electron chi connectivity index (χ1n) is 6.66. The Labute approximate surface area is 127 Å². The van der Waals surface area contributed by atoms with Crippen LogP contribution >= 0.6 is 11.6 Å². The standard InChI is InChI=1S/C17H14ClFN2/c1-20-17(13-8-7-12(19)10-15(13)18)14-6-2-4-11-5-3-9-21-16(11)14/h2-10,17,20H,1H3. The summed E-state index contributed by atoms with van der Waals surface area (Å²) in [5.74, 6) is -0.338. The Kier molecular flexibility index (Phi) is 3.86. The third-order valence-electron chi connectivity index (χ3n) is 3.54. The molecule has 1 N–H and O–H groups in total. The molecule has 0 amide bonds. The first-order chi connectivity index (χ1) is 10.2. The fraction of sp³-hybridized carbons (Fsp3) is 0.118. The molecule has 0 aliphatic carbocycles. The maximum atomic E-state index is 13.3. The van der Waals surface area contributed by atoms with Crippen molar-refractivity contribution in [3.05, 3.63) is 76.7 Å². The van der Waals surface area contributed by atoms with Crippen molar-refractivity contribution in [2.24, 2.45) is 0 Å². The molecular formula is C17H14ClFN2. The monoisotopic (exact) mass is 300 g/mol. The van der Waals surface area contributed by atoms with Crippen molar-refractivity contribution in [3.8, 4) is 0 Å². The van der Waals surface area contributed by atoms with Gasteiger partial charge >= 0.3 is 0 Å². The molecule has 106 valence electrons. The average molecular weight is 301 g/mol. The van der Waals surface area contributed by atoms with Crippen LogP contribution in [0.1, 0.15) is 17.2 Å². The van der Waals surface area contributed by atoms with Crippen LogP contribution in [0.3, 0.4) is 0 Å². The average Bonchev–Trinajstić information content (AvgIpc) is 2.50. The van der Waals surface area contributed by atoms with E-state index in [0.29, 0.717) is 5.02 Å². The van der Waals surface area contributed by atoms with Crippen molar-refractivity contribution >= 4 is 22.5 Å². The highest BCUT2D eigenvalue weighted by Crippen LogP contribution is 2.31. The summed E-state index contributed by atoms with van der Waals surface area (Å²) in [5, 5.41) is 4.71. The zero-order valence-electron chi connectivity index (χ0n) is 11.5. The smallest absolute Gasteiger partial charge is 0.124 e. The highest BCUT2D eigenvalue weighted by Gasteiger charge is 2.18. The summed E-state index contributed by atoms with van der Waals surface area (Å²) in [7, 11) is 1.85. The number of nitrogens with zero attached hydrogens (tertiary/aromatic N) is 1. The lowest BCUT2D eigenvalue weighted by atomic mass is 9.96. The van der Waals surface area contributed by atoms with Crippen LogP contribution in [0.25, 0.3) is 10.9 Å². The molecule has 2 aromatic carbocycles. The summed E-state index contributed by atoms with van der Waals surface area (Å²) in [6, 6.07) is 14.3. The second-order valence-electron chi connectivity index (χ2n) is 4.81. The molecule has 0 aliphatic rings. The molecule has 2 nitrogen and oxygen atoms in total. The van der Waals surface area contributed by atoms with Gasteiger partial charge in [-0.25, -0.2) is 4.39 Å². The summed E-state index contributed by atoms with van der Waals surface area (Å²) in [5.41, 5.74) is 2.77. The van der Waals surface area contributed by atoms with Crippen LogP contribution in [-0.2, 0) is 0 Å². The van der Waals surface area contributed by atoms with E-state index in [1.807, 2.05) is 37.4 Å². The van der Waals surface area contributed by atoms with Crippen LogP contribution in [-0.4, -0.2) is 12.0 Å². The highest BCUT2D eigenvalue weighted by molar-refractivity contribution is 6.31. The van der Waals surface area contributed by atoms with Gasteiger partial charge < -0.3 is 5.32 Å². The zero-order chi connectivity index (χ0) is 14.8. The highest BCUT2D eigenvalue weighted by atomic mass is 35.5. The van der Waals surface area contributed by atoms with Gasteiger partial charge in [0.2, 0.25) is 0 Å². The molecule has 0 saturated heterocycles.